The van der Waals surface area contributed by atoms with Gasteiger partial charge < -0.3 is 19.9 Å². The van der Waals surface area contributed by atoms with Crippen LogP contribution in [0.1, 0.15) is 57.8 Å². The van der Waals surface area contributed by atoms with E-state index in [0.717, 1.165) is 38.8 Å². The highest BCUT2D eigenvalue weighted by Crippen LogP contribution is 2.30. The number of hydrogen-bond acceptors (Lipinski definition) is 5. The molecule has 0 aromatic heterocycles. The lowest BCUT2D eigenvalue weighted by Gasteiger charge is -2.23. The van der Waals surface area contributed by atoms with E-state index in [9.17, 15) is 14.4 Å². The number of likely N-dealkylation sites (tertiary alicyclic amines) is 1. The Labute approximate surface area is 184 Å². The van der Waals surface area contributed by atoms with E-state index in [-0.39, 0.29) is 30.9 Å². The number of nitrogens with zero attached hydrogens (tertiary/aromatic N) is 2. The van der Waals surface area contributed by atoms with E-state index in [4.69, 9.17) is 4.74 Å². The van der Waals surface area contributed by atoms with Crippen LogP contribution in [0.25, 0.3) is 0 Å². The van der Waals surface area contributed by atoms with Gasteiger partial charge in [-0.25, -0.2) is 0 Å². The van der Waals surface area contributed by atoms with Crippen molar-refractivity contribution in [2.75, 3.05) is 36.5 Å². The van der Waals surface area contributed by atoms with Gasteiger partial charge in [-0.15, -0.1) is 0 Å². The molecule has 31 heavy (non-hydrogen) atoms. The van der Waals surface area contributed by atoms with Gasteiger partial charge in [0.1, 0.15) is 0 Å². The summed E-state index contributed by atoms with van der Waals surface area (Å²) in [5.41, 5.74) is 1.85. The molecule has 2 amide bonds. The number of ether oxygens (including phenoxy) is 1. The van der Waals surface area contributed by atoms with E-state index in [1.165, 1.54) is 31.4 Å². The van der Waals surface area contributed by atoms with Crippen LogP contribution in [0.4, 0.5) is 11.4 Å². The molecule has 2 aliphatic heterocycles. The van der Waals surface area contributed by atoms with Crippen molar-refractivity contribution < 1.29 is 19.1 Å². The number of nitrogens with one attached hydrogen (secondary N) is 1. The van der Waals surface area contributed by atoms with Crippen LogP contribution in [0.15, 0.2) is 24.3 Å². The second-order valence-corrected chi connectivity index (χ2v) is 8.99. The molecular formula is C24H33N3O4. The number of benzene rings is 1. The van der Waals surface area contributed by atoms with Gasteiger partial charge in [0.05, 0.1) is 5.92 Å². The Morgan fingerprint density at radius 2 is 1.65 bits per heavy atom. The van der Waals surface area contributed by atoms with E-state index in [1.54, 1.807) is 0 Å². The van der Waals surface area contributed by atoms with E-state index in [2.05, 4.69) is 10.2 Å². The first kappa shape index (κ1) is 21.7. The lowest BCUT2D eigenvalue weighted by atomic mass is 10.1. The average molecular weight is 428 g/mol. The van der Waals surface area contributed by atoms with Crippen molar-refractivity contribution in [1.29, 1.82) is 0 Å². The summed E-state index contributed by atoms with van der Waals surface area (Å²) in [6.45, 7) is 2.23. The van der Waals surface area contributed by atoms with Crippen LogP contribution < -0.4 is 10.2 Å². The van der Waals surface area contributed by atoms with Crippen LogP contribution in [0.2, 0.25) is 0 Å². The molecule has 0 unspecified atom stereocenters. The van der Waals surface area contributed by atoms with Crippen LogP contribution in [0, 0.1) is 5.92 Å². The van der Waals surface area contributed by atoms with Crippen LogP contribution in [-0.2, 0) is 19.1 Å². The summed E-state index contributed by atoms with van der Waals surface area (Å²) in [6.07, 6.45) is 9.52. The third-order valence-corrected chi connectivity index (χ3v) is 6.73. The molecule has 7 heteroatoms. The number of carbonyl (C=O) groups excluding carboxylic acids is 3. The van der Waals surface area contributed by atoms with Crippen molar-refractivity contribution in [2.45, 2.75) is 63.8 Å². The van der Waals surface area contributed by atoms with Crippen molar-refractivity contribution in [2.24, 2.45) is 5.92 Å². The topological polar surface area (TPSA) is 79.0 Å². The molecule has 7 nitrogen and oxygen atoms in total. The van der Waals surface area contributed by atoms with Crippen LogP contribution >= 0.6 is 0 Å². The molecular weight excluding hydrogens is 394 g/mol. The Balaban J connectivity index is 1.22. The van der Waals surface area contributed by atoms with Crippen LogP contribution in [-0.4, -0.2) is 55.0 Å². The third kappa shape index (κ3) is 5.57. The fraction of sp³-hybridized carbons (Fsp3) is 0.625. The number of anilines is 2. The lowest BCUT2D eigenvalue weighted by molar-refractivity contribution is -0.151. The highest BCUT2D eigenvalue weighted by Gasteiger charge is 2.39. The first-order valence-corrected chi connectivity index (χ1v) is 11.7. The molecule has 2 saturated heterocycles. The monoisotopic (exact) mass is 427 g/mol. The van der Waals surface area contributed by atoms with Crippen molar-refractivity contribution in [3.05, 3.63) is 24.3 Å². The first-order valence-electron chi connectivity index (χ1n) is 11.7. The molecule has 0 radical (unpaired) electrons. The second-order valence-electron chi connectivity index (χ2n) is 8.99. The molecule has 1 aromatic rings. The van der Waals surface area contributed by atoms with E-state index < -0.39 is 11.9 Å². The minimum Gasteiger partial charge on any atom is -0.455 e. The molecule has 0 bridgehead atoms. The molecule has 1 aromatic carbocycles. The maximum atomic E-state index is 12.4. The van der Waals surface area contributed by atoms with Crippen molar-refractivity contribution in [3.8, 4) is 0 Å². The maximum Gasteiger partial charge on any atom is 0.311 e. The van der Waals surface area contributed by atoms with Gasteiger partial charge in [-0.05, 0) is 49.9 Å². The highest BCUT2D eigenvalue weighted by atomic mass is 16.5. The number of rotatable bonds is 6. The fourth-order valence-electron chi connectivity index (χ4n) is 4.99. The molecule has 1 atom stereocenters. The van der Waals surface area contributed by atoms with Gasteiger partial charge >= 0.3 is 5.97 Å². The number of esters is 1. The largest absolute Gasteiger partial charge is 0.455 e. The number of hydrogen-bond donors (Lipinski definition) is 1. The summed E-state index contributed by atoms with van der Waals surface area (Å²) in [5, 5.41) is 2.78. The molecule has 0 spiro atoms. The molecule has 2 heterocycles. The quantitative estimate of drug-likeness (QED) is 0.705. The summed E-state index contributed by atoms with van der Waals surface area (Å²) in [7, 11) is 0. The zero-order valence-corrected chi connectivity index (χ0v) is 18.2. The minimum absolute atomic E-state index is 0.0304. The minimum atomic E-state index is -0.464. The third-order valence-electron chi connectivity index (χ3n) is 6.73. The van der Waals surface area contributed by atoms with Gasteiger partial charge in [0.15, 0.2) is 6.61 Å². The summed E-state index contributed by atoms with van der Waals surface area (Å²) in [6, 6.07) is 8.08. The molecule has 1 saturated carbocycles. The summed E-state index contributed by atoms with van der Waals surface area (Å²) in [4.78, 5) is 41.1. The number of amides is 2. The molecule has 168 valence electrons. The van der Waals surface area contributed by atoms with E-state index in [0.29, 0.717) is 12.2 Å². The van der Waals surface area contributed by atoms with Gasteiger partial charge in [-0.3, -0.25) is 14.4 Å². The maximum absolute atomic E-state index is 12.4. The SMILES string of the molecule is O=C(COC(=O)[C@@H]1CC(=O)N(C2CCCC2)C1)Nc1ccc(N2CCCCCC2)cc1. The average Bonchev–Trinajstić information content (AvgIpc) is 3.35. The predicted octanol–water partition coefficient (Wildman–Crippen LogP) is 3.34. The van der Waals surface area contributed by atoms with Crippen molar-refractivity contribution >= 4 is 29.2 Å². The smallest absolute Gasteiger partial charge is 0.311 e. The van der Waals surface area contributed by atoms with E-state index >= 15 is 0 Å². The molecule has 4 rings (SSSR count). The Morgan fingerprint density at radius 3 is 2.32 bits per heavy atom. The highest BCUT2D eigenvalue weighted by molar-refractivity contribution is 5.93. The van der Waals surface area contributed by atoms with Gasteiger partial charge in [0.2, 0.25) is 5.91 Å². The molecule has 1 N–H and O–H groups in total. The van der Waals surface area contributed by atoms with Gasteiger partial charge in [0.25, 0.3) is 5.91 Å². The number of carbonyl (C=O) groups is 3. The second kappa shape index (κ2) is 10.2. The Bertz CT molecular complexity index is 781. The van der Waals surface area contributed by atoms with Crippen molar-refractivity contribution in [3.63, 3.8) is 0 Å². The first-order chi connectivity index (χ1) is 15.1. The predicted molar refractivity (Wildman–Crippen MR) is 119 cm³/mol. The Hall–Kier alpha value is -2.57. The zero-order valence-electron chi connectivity index (χ0n) is 18.2. The molecule has 1 aliphatic carbocycles. The van der Waals surface area contributed by atoms with Crippen molar-refractivity contribution in [1.82, 2.24) is 4.90 Å². The molecule has 3 fully saturated rings. The van der Waals surface area contributed by atoms with E-state index in [1.807, 2.05) is 29.2 Å². The zero-order chi connectivity index (χ0) is 21.6. The summed E-state index contributed by atoms with van der Waals surface area (Å²) >= 11 is 0. The summed E-state index contributed by atoms with van der Waals surface area (Å²) < 4.78 is 5.21. The van der Waals surface area contributed by atoms with Gasteiger partial charge in [-0.2, -0.15) is 0 Å². The normalized spacial score (nSPS) is 22.5. The standard InChI is InChI=1S/C24H33N3O4/c28-22(25-19-9-11-20(12-10-19)26-13-5-1-2-6-14-26)17-31-24(30)18-15-23(29)27(16-18)21-7-3-4-8-21/h9-12,18,21H,1-8,13-17H2,(H,25,28)/t18-/m1/s1. The summed E-state index contributed by atoms with van der Waals surface area (Å²) in [5.74, 6) is -1.26. The van der Waals surface area contributed by atoms with Gasteiger partial charge in [0, 0.05) is 43.5 Å². The fourth-order valence-corrected chi connectivity index (χ4v) is 4.99. The Morgan fingerprint density at radius 1 is 0.968 bits per heavy atom. The Kier molecular flexibility index (Phi) is 7.10. The van der Waals surface area contributed by atoms with Crippen LogP contribution in [0.5, 0.6) is 0 Å². The molecule has 3 aliphatic rings. The van der Waals surface area contributed by atoms with Gasteiger partial charge in [-0.1, -0.05) is 25.7 Å². The lowest BCUT2D eigenvalue weighted by Crippen LogP contribution is -2.35. The van der Waals surface area contributed by atoms with Crippen LogP contribution in [0.3, 0.4) is 0 Å².